The second-order valence-electron chi connectivity index (χ2n) is 4.29. The summed E-state index contributed by atoms with van der Waals surface area (Å²) in [5.41, 5.74) is -0.216. The largest absolute Gasteiger partial charge is 0.416 e. The van der Waals surface area contributed by atoms with E-state index in [1.54, 1.807) is 13.8 Å². The van der Waals surface area contributed by atoms with E-state index >= 15 is 0 Å². The first-order valence-corrected chi connectivity index (χ1v) is 5.58. The summed E-state index contributed by atoms with van der Waals surface area (Å²) < 4.78 is 38.7. The van der Waals surface area contributed by atoms with Gasteiger partial charge in [0, 0.05) is 5.69 Å². The van der Waals surface area contributed by atoms with Gasteiger partial charge in [-0.1, -0.05) is 19.9 Å². The fourth-order valence-corrected chi connectivity index (χ4v) is 1.63. The van der Waals surface area contributed by atoms with Crippen molar-refractivity contribution in [2.24, 2.45) is 0 Å². The van der Waals surface area contributed by atoms with E-state index in [9.17, 15) is 18.3 Å². The van der Waals surface area contributed by atoms with Gasteiger partial charge in [0.25, 0.3) is 0 Å². The molecule has 0 fully saturated rings. The molecule has 0 saturated carbocycles. The molecule has 1 aromatic rings. The second-order valence-corrected chi connectivity index (χ2v) is 4.29. The number of aliphatic hydroxyl groups excluding tert-OH is 1. The number of anilines is 1. The quantitative estimate of drug-likeness (QED) is 0.731. The predicted molar refractivity (Wildman–Crippen MR) is 64.2 cm³/mol. The molecule has 0 aliphatic heterocycles. The zero-order chi connectivity index (χ0) is 13.9. The Labute approximate surface area is 104 Å². The summed E-state index contributed by atoms with van der Waals surface area (Å²) in [6, 6.07) is 3.96. The number of aliphatic hydroxyl groups is 1. The molecule has 6 heteroatoms. The zero-order valence-corrected chi connectivity index (χ0v) is 10.5. The highest BCUT2D eigenvalue weighted by Crippen LogP contribution is 2.36. The number of hydrogen-bond donors (Lipinski definition) is 3. The number of benzene rings is 1. The third kappa shape index (κ3) is 3.61. The van der Waals surface area contributed by atoms with Gasteiger partial charge < -0.3 is 10.4 Å². The van der Waals surface area contributed by atoms with Crippen LogP contribution in [0.5, 0.6) is 0 Å². The second kappa shape index (κ2) is 5.58. The van der Waals surface area contributed by atoms with Gasteiger partial charge in [-0.15, -0.1) is 0 Å². The molecule has 102 valence electrons. The van der Waals surface area contributed by atoms with Gasteiger partial charge in [0.05, 0.1) is 5.56 Å². The normalized spacial score (nSPS) is 13.8. The summed E-state index contributed by atoms with van der Waals surface area (Å²) in [5.74, 6) is -0.218. The molecule has 1 aromatic carbocycles. The van der Waals surface area contributed by atoms with Crippen molar-refractivity contribution in [2.45, 2.75) is 32.3 Å². The molecule has 3 N–H and O–H groups in total. The monoisotopic (exact) mass is 262 g/mol. The summed E-state index contributed by atoms with van der Waals surface area (Å²) in [7, 11) is 1.49. The molecule has 1 unspecified atom stereocenters. The van der Waals surface area contributed by atoms with Crippen LogP contribution in [0.4, 0.5) is 18.9 Å². The number of alkyl halides is 3. The Balaban J connectivity index is 3.14. The molecule has 0 saturated heterocycles. The van der Waals surface area contributed by atoms with E-state index < -0.39 is 18.1 Å². The molecule has 0 aromatic heterocycles. The van der Waals surface area contributed by atoms with E-state index in [4.69, 9.17) is 0 Å². The van der Waals surface area contributed by atoms with E-state index in [1.807, 2.05) is 0 Å². The van der Waals surface area contributed by atoms with E-state index in [0.717, 1.165) is 6.07 Å². The molecule has 3 nitrogen and oxygen atoms in total. The summed E-state index contributed by atoms with van der Waals surface area (Å²) in [4.78, 5) is 0. The van der Waals surface area contributed by atoms with Crippen molar-refractivity contribution in [3.63, 3.8) is 0 Å². The fraction of sp³-hybridized carbons (Fsp3) is 0.500. The molecule has 0 aliphatic rings. The molecule has 0 aliphatic carbocycles. The fourth-order valence-electron chi connectivity index (χ4n) is 1.63. The van der Waals surface area contributed by atoms with Crippen LogP contribution >= 0.6 is 0 Å². The standard InChI is InChI=1S/C12H17F3N2O/c1-7(2)9-5-4-8(17-11(18)16-3)6-10(9)12(13,14)15/h4-7,11,16-18H,1-3H3. The lowest BCUT2D eigenvalue weighted by Gasteiger charge is -2.19. The highest BCUT2D eigenvalue weighted by atomic mass is 19.4. The Morgan fingerprint density at radius 1 is 1.22 bits per heavy atom. The number of nitrogens with one attached hydrogen (secondary N) is 2. The lowest BCUT2D eigenvalue weighted by Crippen LogP contribution is -2.32. The van der Waals surface area contributed by atoms with Gasteiger partial charge in [-0.05, 0) is 30.7 Å². The Hall–Kier alpha value is -1.27. The van der Waals surface area contributed by atoms with E-state index in [-0.39, 0.29) is 17.2 Å². The van der Waals surface area contributed by atoms with Crippen molar-refractivity contribution in [2.75, 3.05) is 12.4 Å². The van der Waals surface area contributed by atoms with Gasteiger partial charge in [0.15, 0.2) is 6.35 Å². The first-order valence-electron chi connectivity index (χ1n) is 5.58. The van der Waals surface area contributed by atoms with E-state index in [2.05, 4.69) is 10.6 Å². The number of halogens is 3. The van der Waals surface area contributed by atoms with Gasteiger partial charge in [-0.3, -0.25) is 5.32 Å². The molecule has 0 amide bonds. The summed E-state index contributed by atoms with van der Waals surface area (Å²) in [6.45, 7) is 3.42. The van der Waals surface area contributed by atoms with Crippen LogP contribution in [0.2, 0.25) is 0 Å². The molecule has 0 spiro atoms. The average Bonchev–Trinajstić information content (AvgIpc) is 2.27. The minimum absolute atomic E-state index is 0.216. The Kier molecular flexibility index (Phi) is 4.59. The maximum absolute atomic E-state index is 12.9. The Morgan fingerprint density at radius 2 is 1.83 bits per heavy atom. The van der Waals surface area contributed by atoms with Crippen molar-refractivity contribution in [3.8, 4) is 0 Å². The number of rotatable bonds is 4. The van der Waals surface area contributed by atoms with Crippen molar-refractivity contribution in [3.05, 3.63) is 29.3 Å². The lowest BCUT2D eigenvalue weighted by molar-refractivity contribution is -0.138. The van der Waals surface area contributed by atoms with Gasteiger partial charge in [-0.25, -0.2) is 0 Å². The molecule has 1 atom stereocenters. The van der Waals surface area contributed by atoms with Gasteiger partial charge >= 0.3 is 6.18 Å². The van der Waals surface area contributed by atoms with Gasteiger partial charge in [0.1, 0.15) is 0 Å². The van der Waals surface area contributed by atoms with Crippen molar-refractivity contribution < 1.29 is 18.3 Å². The van der Waals surface area contributed by atoms with Gasteiger partial charge in [0.2, 0.25) is 0 Å². The van der Waals surface area contributed by atoms with E-state index in [0.29, 0.717) is 0 Å². The van der Waals surface area contributed by atoms with Crippen LogP contribution in [-0.4, -0.2) is 18.5 Å². The SMILES string of the molecule is CNC(O)Nc1ccc(C(C)C)c(C(F)(F)F)c1. The Bertz CT molecular complexity index is 405. The molecular weight excluding hydrogens is 245 g/mol. The topological polar surface area (TPSA) is 44.3 Å². The van der Waals surface area contributed by atoms with E-state index in [1.165, 1.54) is 19.2 Å². The molecular formula is C12H17F3N2O. The first kappa shape index (κ1) is 14.8. The van der Waals surface area contributed by atoms with Crippen molar-refractivity contribution >= 4 is 5.69 Å². The van der Waals surface area contributed by atoms with Crippen LogP contribution in [0, 0.1) is 0 Å². The summed E-state index contributed by atoms with van der Waals surface area (Å²) in [6.07, 6.45) is -5.49. The molecule has 18 heavy (non-hydrogen) atoms. The van der Waals surface area contributed by atoms with Crippen LogP contribution in [0.1, 0.15) is 30.9 Å². The van der Waals surface area contributed by atoms with Gasteiger partial charge in [-0.2, -0.15) is 13.2 Å². The minimum atomic E-state index is -4.40. The highest BCUT2D eigenvalue weighted by molar-refractivity contribution is 5.50. The van der Waals surface area contributed by atoms with Crippen LogP contribution in [-0.2, 0) is 6.18 Å². The predicted octanol–water partition coefficient (Wildman–Crippen LogP) is 2.74. The third-order valence-electron chi connectivity index (χ3n) is 2.56. The maximum Gasteiger partial charge on any atom is 0.416 e. The molecule has 0 heterocycles. The summed E-state index contributed by atoms with van der Waals surface area (Å²) >= 11 is 0. The molecule has 1 rings (SSSR count). The highest BCUT2D eigenvalue weighted by Gasteiger charge is 2.34. The average molecular weight is 262 g/mol. The third-order valence-corrected chi connectivity index (χ3v) is 2.56. The van der Waals surface area contributed by atoms with Crippen LogP contribution < -0.4 is 10.6 Å². The van der Waals surface area contributed by atoms with Crippen LogP contribution in [0.25, 0.3) is 0 Å². The molecule has 0 bridgehead atoms. The maximum atomic E-state index is 12.9. The zero-order valence-electron chi connectivity index (χ0n) is 10.5. The Morgan fingerprint density at radius 3 is 2.28 bits per heavy atom. The number of hydrogen-bond acceptors (Lipinski definition) is 3. The van der Waals surface area contributed by atoms with Crippen LogP contribution in [0.15, 0.2) is 18.2 Å². The smallest absolute Gasteiger partial charge is 0.361 e. The molecule has 0 radical (unpaired) electrons. The summed E-state index contributed by atoms with van der Waals surface area (Å²) in [5, 5.41) is 14.3. The first-order chi connectivity index (χ1) is 8.25. The lowest BCUT2D eigenvalue weighted by atomic mass is 9.96. The van der Waals surface area contributed by atoms with Crippen molar-refractivity contribution in [1.82, 2.24) is 5.32 Å². The minimum Gasteiger partial charge on any atom is -0.361 e. The van der Waals surface area contributed by atoms with Crippen molar-refractivity contribution in [1.29, 1.82) is 0 Å². The van der Waals surface area contributed by atoms with Crippen LogP contribution in [0.3, 0.4) is 0 Å².